The predicted molar refractivity (Wildman–Crippen MR) is 98.2 cm³/mol. The van der Waals surface area contributed by atoms with Crippen molar-refractivity contribution in [1.29, 1.82) is 0 Å². The molecule has 0 aliphatic rings. The van der Waals surface area contributed by atoms with Gasteiger partial charge in [0.2, 0.25) is 0 Å². The van der Waals surface area contributed by atoms with Crippen LogP contribution in [0.2, 0.25) is 10.0 Å². The number of carbonyl (C=O) groups excluding carboxylic acids is 1. The monoisotopic (exact) mass is 407 g/mol. The van der Waals surface area contributed by atoms with Crippen LogP contribution in [0, 0.1) is 10.1 Å². The number of nitrogens with one attached hydrogen (secondary N) is 1. The number of hydrogen-bond acceptors (Lipinski definition) is 6. The minimum Gasteiger partial charge on any atom is -0.454 e. The van der Waals surface area contributed by atoms with E-state index in [1.807, 2.05) is 0 Å². The van der Waals surface area contributed by atoms with Crippen LogP contribution in [0.1, 0.15) is 21.9 Å². The van der Waals surface area contributed by atoms with Crippen molar-refractivity contribution < 1.29 is 14.1 Å². The Balaban J connectivity index is 1.59. The number of furan rings is 1. The molecule has 2 aromatic heterocycles. The lowest BCUT2D eigenvalue weighted by atomic mass is 10.2. The lowest BCUT2D eigenvalue weighted by Gasteiger charge is -1.99. The molecule has 0 radical (unpaired) electrons. The van der Waals surface area contributed by atoms with Gasteiger partial charge < -0.3 is 4.42 Å². The smallest absolute Gasteiger partial charge is 0.307 e. The summed E-state index contributed by atoms with van der Waals surface area (Å²) in [6.45, 7) is 0.146. The number of nitrogens with zero attached hydrogens (tertiary/aromatic N) is 4. The molecule has 0 saturated heterocycles. The second kappa shape index (κ2) is 8.02. The van der Waals surface area contributed by atoms with Crippen LogP contribution < -0.4 is 5.43 Å². The summed E-state index contributed by atoms with van der Waals surface area (Å²) in [7, 11) is 0. The number of hydrogen-bond donors (Lipinski definition) is 1. The van der Waals surface area contributed by atoms with Crippen molar-refractivity contribution >= 4 is 41.0 Å². The van der Waals surface area contributed by atoms with Crippen molar-refractivity contribution in [2.75, 3.05) is 0 Å². The lowest BCUT2D eigenvalue weighted by molar-refractivity contribution is -0.385. The van der Waals surface area contributed by atoms with E-state index < -0.39 is 10.8 Å². The van der Waals surface area contributed by atoms with E-state index in [9.17, 15) is 14.9 Å². The average Bonchev–Trinajstić information content (AvgIpc) is 3.28. The molecule has 0 aliphatic heterocycles. The van der Waals surface area contributed by atoms with Crippen molar-refractivity contribution in [1.82, 2.24) is 15.2 Å². The molecule has 2 heterocycles. The molecule has 0 aliphatic carbocycles. The summed E-state index contributed by atoms with van der Waals surface area (Å²) in [5.74, 6) is -0.103. The van der Waals surface area contributed by atoms with Crippen molar-refractivity contribution in [3.8, 4) is 0 Å². The molecule has 1 amide bonds. The summed E-state index contributed by atoms with van der Waals surface area (Å²) in [6.07, 6.45) is 3.81. The highest BCUT2D eigenvalue weighted by atomic mass is 35.5. The minimum atomic E-state index is -0.552. The van der Waals surface area contributed by atoms with Gasteiger partial charge in [-0.15, -0.1) is 0 Å². The fraction of sp³-hybridized carbons (Fsp3) is 0.0625. The van der Waals surface area contributed by atoms with Crippen LogP contribution in [0.15, 0.2) is 52.2 Å². The highest BCUT2D eigenvalue weighted by Gasteiger charge is 2.13. The number of hydrazone groups is 1. The fourth-order valence-corrected chi connectivity index (χ4v) is 2.40. The third-order valence-electron chi connectivity index (χ3n) is 3.36. The van der Waals surface area contributed by atoms with E-state index in [4.69, 9.17) is 27.6 Å². The Hall–Kier alpha value is -3.17. The second-order valence-corrected chi connectivity index (χ2v) is 6.11. The first-order valence-electron chi connectivity index (χ1n) is 7.46. The van der Waals surface area contributed by atoms with E-state index in [0.29, 0.717) is 21.4 Å². The Morgan fingerprint density at radius 2 is 2.15 bits per heavy atom. The van der Waals surface area contributed by atoms with Crippen LogP contribution in [0.25, 0.3) is 0 Å². The summed E-state index contributed by atoms with van der Waals surface area (Å²) in [5, 5.41) is 19.1. The SMILES string of the molecule is O=C(N/N=C/c1ccc(Cl)c(Cl)c1)c1ccc(Cn2cc([N+](=O)[O-])cn2)o1. The van der Waals surface area contributed by atoms with Crippen molar-refractivity contribution in [3.63, 3.8) is 0 Å². The molecule has 0 spiro atoms. The van der Waals surface area contributed by atoms with Gasteiger partial charge in [0, 0.05) is 0 Å². The summed E-state index contributed by atoms with van der Waals surface area (Å²) in [4.78, 5) is 22.1. The van der Waals surface area contributed by atoms with Crippen LogP contribution in [0.3, 0.4) is 0 Å². The van der Waals surface area contributed by atoms with Crippen LogP contribution >= 0.6 is 23.2 Å². The van der Waals surface area contributed by atoms with Gasteiger partial charge in [0.15, 0.2) is 5.76 Å². The van der Waals surface area contributed by atoms with Gasteiger partial charge in [-0.2, -0.15) is 10.2 Å². The summed E-state index contributed by atoms with van der Waals surface area (Å²) in [6, 6.07) is 7.96. The fourth-order valence-electron chi connectivity index (χ4n) is 2.09. The molecule has 1 aromatic carbocycles. The molecule has 0 unspecified atom stereocenters. The molecule has 138 valence electrons. The molecule has 1 N–H and O–H groups in total. The maximum atomic E-state index is 12.0. The molecule has 0 atom stereocenters. The zero-order valence-electron chi connectivity index (χ0n) is 13.5. The Morgan fingerprint density at radius 3 is 2.85 bits per heavy atom. The predicted octanol–water partition coefficient (Wildman–Crippen LogP) is 3.50. The van der Waals surface area contributed by atoms with Gasteiger partial charge in [-0.05, 0) is 29.8 Å². The summed E-state index contributed by atoms with van der Waals surface area (Å²) >= 11 is 11.7. The number of amides is 1. The van der Waals surface area contributed by atoms with Gasteiger partial charge in [0.05, 0.1) is 27.7 Å². The second-order valence-electron chi connectivity index (χ2n) is 5.29. The molecule has 0 bridgehead atoms. The van der Waals surface area contributed by atoms with Gasteiger partial charge in [-0.25, -0.2) is 5.43 Å². The third kappa shape index (κ3) is 4.72. The van der Waals surface area contributed by atoms with Gasteiger partial charge >= 0.3 is 11.6 Å². The van der Waals surface area contributed by atoms with Gasteiger partial charge in [-0.3, -0.25) is 19.6 Å². The largest absolute Gasteiger partial charge is 0.454 e. The number of rotatable bonds is 6. The number of carbonyl (C=O) groups is 1. The highest BCUT2D eigenvalue weighted by Crippen LogP contribution is 2.21. The molecular weight excluding hydrogens is 397 g/mol. The maximum Gasteiger partial charge on any atom is 0.307 e. The molecular formula is C16H11Cl2N5O4. The van der Waals surface area contributed by atoms with E-state index >= 15 is 0 Å². The van der Waals surface area contributed by atoms with Crippen molar-refractivity contribution in [2.24, 2.45) is 5.10 Å². The molecule has 9 nitrogen and oxygen atoms in total. The molecule has 3 rings (SSSR count). The van der Waals surface area contributed by atoms with E-state index in [-0.39, 0.29) is 18.0 Å². The minimum absolute atomic E-state index is 0.0398. The Bertz CT molecular complexity index is 1030. The van der Waals surface area contributed by atoms with E-state index in [0.717, 1.165) is 6.20 Å². The molecule has 0 saturated carbocycles. The molecule has 0 fully saturated rings. The van der Waals surface area contributed by atoms with Gasteiger partial charge in [-0.1, -0.05) is 29.3 Å². The normalized spacial score (nSPS) is 11.0. The number of halogens is 2. The molecule has 3 aromatic rings. The average molecular weight is 408 g/mol. The standard InChI is InChI=1S/C16H11Cl2N5O4/c17-13-3-1-10(5-14(13)18)6-19-21-16(24)15-4-2-12(27-15)9-22-8-11(7-20-22)23(25)26/h1-8H,9H2,(H,21,24)/b19-6+. The van der Waals surface area contributed by atoms with Crippen LogP contribution in [-0.4, -0.2) is 26.8 Å². The summed E-state index contributed by atoms with van der Waals surface area (Å²) in [5.41, 5.74) is 2.86. The lowest BCUT2D eigenvalue weighted by Crippen LogP contribution is -2.16. The first kappa shape index (κ1) is 18.6. The van der Waals surface area contributed by atoms with E-state index in [2.05, 4.69) is 15.6 Å². The third-order valence-corrected chi connectivity index (χ3v) is 4.10. The van der Waals surface area contributed by atoms with Crippen LogP contribution in [0.4, 0.5) is 5.69 Å². The number of nitro groups is 1. The Labute approximate surface area is 162 Å². The quantitative estimate of drug-likeness (QED) is 0.381. The zero-order valence-corrected chi connectivity index (χ0v) is 15.0. The highest BCUT2D eigenvalue weighted by molar-refractivity contribution is 6.42. The van der Waals surface area contributed by atoms with Gasteiger partial charge in [0.1, 0.15) is 18.2 Å². The summed E-state index contributed by atoms with van der Waals surface area (Å²) < 4.78 is 6.74. The van der Waals surface area contributed by atoms with Crippen molar-refractivity contribution in [3.05, 3.63) is 80.0 Å². The molecule has 11 heteroatoms. The number of benzene rings is 1. The van der Waals surface area contributed by atoms with Crippen LogP contribution in [-0.2, 0) is 6.54 Å². The first-order chi connectivity index (χ1) is 12.9. The van der Waals surface area contributed by atoms with Crippen LogP contribution in [0.5, 0.6) is 0 Å². The van der Waals surface area contributed by atoms with E-state index in [1.165, 1.54) is 23.2 Å². The van der Waals surface area contributed by atoms with Gasteiger partial charge in [0.25, 0.3) is 0 Å². The number of aromatic nitrogens is 2. The van der Waals surface area contributed by atoms with Crippen molar-refractivity contribution in [2.45, 2.75) is 6.54 Å². The molecule has 27 heavy (non-hydrogen) atoms. The Kier molecular flexibility index (Phi) is 5.53. The topological polar surface area (TPSA) is 116 Å². The zero-order chi connectivity index (χ0) is 19.4. The van der Waals surface area contributed by atoms with E-state index in [1.54, 1.807) is 24.3 Å². The maximum absolute atomic E-state index is 12.0. The Morgan fingerprint density at radius 1 is 1.33 bits per heavy atom. The first-order valence-corrected chi connectivity index (χ1v) is 8.22.